The quantitative estimate of drug-likeness (QED) is 0.832. The van der Waals surface area contributed by atoms with Crippen molar-refractivity contribution >= 4 is 5.91 Å². The number of aryl methyl sites for hydroxylation is 3. The molecule has 2 aromatic heterocycles. The molecule has 0 aromatic carbocycles. The number of carbonyl (C=O) groups is 1. The van der Waals surface area contributed by atoms with Crippen LogP contribution < -0.4 is 0 Å². The molecule has 7 heteroatoms. The molecule has 136 valence electrons. The van der Waals surface area contributed by atoms with Crippen molar-refractivity contribution in [2.45, 2.75) is 45.8 Å². The molecule has 1 saturated heterocycles. The highest BCUT2D eigenvalue weighted by molar-refractivity contribution is 5.76. The van der Waals surface area contributed by atoms with E-state index in [1.807, 2.05) is 35.8 Å². The van der Waals surface area contributed by atoms with Gasteiger partial charge in [0, 0.05) is 51.1 Å². The summed E-state index contributed by atoms with van der Waals surface area (Å²) in [6.07, 6.45) is 6.04. The van der Waals surface area contributed by atoms with Crippen molar-refractivity contribution < 1.29 is 9.53 Å². The van der Waals surface area contributed by atoms with Crippen molar-refractivity contribution in [2.75, 3.05) is 19.7 Å². The van der Waals surface area contributed by atoms with E-state index >= 15 is 0 Å². The van der Waals surface area contributed by atoms with Crippen LogP contribution in [0, 0.1) is 6.92 Å². The number of rotatable bonds is 5. The van der Waals surface area contributed by atoms with Gasteiger partial charge in [0.05, 0.1) is 18.8 Å². The number of ether oxygens (including phenoxy) is 1. The maximum absolute atomic E-state index is 12.7. The highest BCUT2D eigenvalue weighted by atomic mass is 16.5. The summed E-state index contributed by atoms with van der Waals surface area (Å²) in [5.74, 6) is 2.41. The van der Waals surface area contributed by atoms with Gasteiger partial charge in [0.25, 0.3) is 0 Å². The molecule has 7 nitrogen and oxygen atoms in total. The minimum absolute atomic E-state index is 0.155. The van der Waals surface area contributed by atoms with Crippen LogP contribution >= 0.6 is 0 Å². The summed E-state index contributed by atoms with van der Waals surface area (Å²) < 4.78 is 9.90. The van der Waals surface area contributed by atoms with Gasteiger partial charge in [-0.3, -0.25) is 4.79 Å². The second-order valence-corrected chi connectivity index (χ2v) is 6.93. The van der Waals surface area contributed by atoms with E-state index in [2.05, 4.69) is 28.4 Å². The van der Waals surface area contributed by atoms with Gasteiger partial charge in [0.1, 0.15) is 17.8 Å². The normalized spacial score (nSPS) is 18.1. The molecule has 3 rings (SSSR count). The van der Waals surface area contributed by atoms with Gasteiger partial charge in [-0.2, -0.15) is 0 Å². The van der Waals surface area contributed by atoms with E-state index in [1.165, 1.54) is 0 Å². The Morgan fingerprint density at radius 2 is 2.24 bits per heavy atom. The zero-order chi connectivity index (χ0) is 18.0. The van der Waals surface area contributed by atoms with Crippen molar-refractivity contribution in [2.24, 2.45) is 7.05 Å². The highest BCUT2D eigenvalue weighted by Crippen LogP contribution is 2.22. The third-order valence-corrected chi connectivity index (χ3v) is 4.57. The Labute approximate surface area is 148 Å². The van der Waals surface area contributed by atoms with E-state index in [-0.39, 0.29) is 12.0 Å². The van der Waals surface area contributed by atoms with E-state index in [0.29, 0.717) is 38.6 Å². The fourth-order valence-corrected chi connectivity index (χ4v) is 3.35. The molecule has 0 bridgehead atoms. The summed E-state index contributed by atoms with van der Waals surface area (Å²) in [6, 6.07) is 0. The Kier molecular flexibility index (Phi) is 5.22. The van der Waals surface area contributed by atoms with E-state index in [9.17, 15) is 4.79 Å². The topological polar surface area (TPSA) is 65.2 Å². The fourth-order valence-electron chi connectivity index (χ4n) is 3.35. The smallest absolute Gasteiger partial charge is 0.224 e. The summed E-state index contributed by atoms with van der Waals surface area (Å²) in [7, 11) is 1.96. The Bertz CT molecular complexity index is 734. The van der Waals surface area contributed by atoms with Crippen molar-refractivity contribution in [3.05, 3.63) is 35.9 Å². The number of hydrogen-bond acceptors (Lipinski definition) is 4. The largest absolute Gasteiger partial charge is 0.367 e. The van der Waals surface area contributed by atoms with Crippen molar-refractivity contribution in [3.63, 3.8) is 0 Å². The molecule has 0 saturated carbocycles. The standard InChI is InChI=1S/C18H27N5O2/c1-13(2)17-19-6-8-22(17)7-5-16(24)23-9-10-25-15(12-23)18-20-14(3)11-21(18)4/h6,8,11,13,15H,5,7,9-10,12H2,1-4H3. The molecule has 1 fully saturated rings. The molecular weight excluding hydrogens is 318 g/mol. The Hall–Kier alpha value is -2.15. The van der Waals surface area contributed by atoms with Gasteiger partial charge in [-0.05, 0) is 6.92 Å². The summed E-state index contributed by atoms with van der Waals surface area (Å²) in [5.41, 5.74) is 0.964. The summed E-state index contributed by atoms with van der Waals surface area (Å²) in [6.45, 7) is 8.60. The molecule has 0 radical (unpaired) electrons. The Morgan fingerprint density at radius 3 is 2.92 bits per heavy atom. The molecule has 3 heterocycles. The number of nitrogens with zero attached hydrogens (tertiary/aromatic N) is 5. The van der Waals surface area contributed by atoms with Crippen LogP contribution in [-0.4, -0.2) is 49.6 Å². The minimum atomic E-state index is -0.157. The zero-order valence-corrected chi connectivity index (χ0v) is 15.5. The lowest BCUT2D eigenvalue weighted by atomic mass is 10.2. The average molecular weight is 345 g/mol. The highest BCUT2D eigenvalue weighted by Gasteiger charge is 2.28. The van der Waals surface area contributed by atoms with Crippen LogP contribution in [0.15, 0.2) is 18.6 Å². The van der Waals surface area contributed by atoms with Gasteiger partial charge in [-0.25, -0.2) is 9.97 Å². The maximum atomic E-state index is 12.7. The first kappa shape index (κ1) is 17.7. The molecular formula is C18H27N5O2. The number of aromatic nitrogens is 4. The molecule has 0 spiro atoms. The lowest BCUT2D eigenvalue weighted by Gasteiger charge is -2.32. The number of amides is 1. The van der Waals surface area contributed by atoms with Crippen molar-refractivity contribution in [1.82, 2.24) is 24.0 Å². The van der Waals surface area contributed by atoms with Crippen molar-refractivity contribution in [1.29, 1.82) is 0 Å². The first-order valence-corrected chi connectivity index (χ1v) is 8.86. The zero-order valence-electron chi connectivity index (χ0n) is 15.5. The van der Waals surface area contributed by atoms with E-state index in [4.69, 9.17) is 4.74 Å². The lowest BCUT2D eigenvalue weighted by molar-refractivity contribution is -0.139. The molecule has 1 unspecified atom stereocenters. The van der Waals surface area contributed by atoms with E-state index in [0.717, 1.165) is 17.3 Å². The van der Waals surface area contributed by atoms with Crippen LogP contribution in [0.4, 0.5) is 0 Å². The average Bonchev–Trinajstić information content (AvgIpc) is 3.18. The fraction of sp³-hybridized carbons (Fsp3) is 0.611. The third kappa shape index (κ3) is 3.92. The number of imidazole rings is 2. The monoisotopic (exact) mass is 345 g/mol. The van der Waals surface area contributed by atoms with Crippen LogP contribution in [0.3, 0.4) is 0 Å². The van der Waals surface area contributed by atoms with Crippen LogP contribution in [-0.2, 0) is 23.1 Å². The lowest BCUT2D eigenvalue weighted by Crippen LogP contribution is -2.43. The van der Waals surface area contributed by atoms with Crippen molar-refractivity contribution in [3.8, 4) is 0 Å². The summed E-state index contributed by atoms with van der Waals surface area (Å²) >= 11 is 0. The maximum Gasteiger partial charge on any atom is 0.224 e. The van der Waals surface area contributed by atoms with Gasteiger partial charge < -0.3 is 18.8 Å². The minimum Gasteiger partial charge on any atom is -0.367 e. The van der Waals surface area contributed by atoms with Gasteiger partial charge in [-0.15, -0.1) is 0 Å². The molecule has 1 amide bonds. The third-order valence-electron chi connectivity index (χ3n) is 4.57. The molecule has 1 atom stereocenters. The van der Waals surface area contributed by atoms with Gasteiger partial charge in [-0.1, -0.05) is 13.8 Å². The van der Waals surface area contributed by atoms with Crippen LogP contribution in [0.2, 0.25) is 0 Å². The Balaban J connectivity index is 1.60. The van der Waals surface area contributed by atoms with Gasteiger partial charge in [0.15, 0.2) is 0 Å². The van der Waals surface area contributed by atoms with Crippen LogP contribution in [0.25, 0.3) is 0 Å². The van der Waals surface area contributed by atoms with Crippen LogP contribution in [0.1, 0.15) is 49.6 Å². The molecule has 2 aromatic rings. The van der Waals surface area contributed by atoms with E-state index in [1.54, 1.807) is 6.20 Å². The molecule has 25 heavy (non-hydrogen) atoms. The summed E-state index contributed by atoms with van der Waals surface area (Å²) in [5, 5.41) is 0. The number of hydrogen-bond donors (Lipinski definition) is 0. The van der Waals surface area contributed by atoms with Gasteiger partial charge >= 0.3 is 0 Å². The van der Waals surface area contributed by atoms with Crippen LogP contribution in [0.5, 0.6) is 0 Å². The first-order chi connectivity index (χ1) is 12.0. The predicted octanol–water partition coefficient (Wildman–Crippen LogP) is 2.04. The molecule has 1 aliphatic heterocycles. The number of morpholine rings is 1. The second kappa shape index (κ2) is 7.39. The SMILES string of the molecule is Cc1cn(C)c(C2CN(C(=O)CCn3ccnc3C(C)C)CCO2)n1. The molecule has 0 aliphatic carbocycles. The molecule has 0 N–H and O–H groups in total. The summed E-state index contributed by atoms with van der Waals surface area (Å²) in [4.78, 5) is 23.5. The van der Waals surface area contributed by atoms with E-state index < -0.39 is 0 Å². The second-order valence-electron chi connectivity index (χ2n) is 6.93. The predicted molar refractivity (Wildman–Crippen MR) is 94.2 cm³/mol. The molecule has 1 aliphatic rings. The first-order valence-electron chi connectivity index (χ1n) is 8.86. The number of carbonyl (C=O) groups excluding carboxylic acids is 1. The van der Waals surface area contributed by atoms with Gasteiger partial charge in [0.2, 0.25) is 5.91 Å². The Morgan fingerprint density at radius 1 is 1.44 bits per heavy atom.